The molecule has 1 atom stereocenters. The maximum Gasteiger partial charge on any atom is 0.417 e. The molecule has 2 aromatic carbocycles. The van der Waals surface area contributed by atoms with E-state index in [4.69, 9.17) is 0 Å². The van der Waals surface area contributed by atoms with Crippen LogP contribution in [-0.2, 0) is 12.7 Å². The monoisotopic (exact) mass is 459 g/mol. The van der Waals surface area contributed by atoms with E-state index in [9.17, 15) is 18.4 Å². The van der Waals surface area contributed by atoms with E-state index in [1.54, 1.807) is 17.2 Å². The fourth-order valence-electron chi connectivity index (χ4n) is 4.58. The number of alkyl halides is 3. The quantitative estimate of drug-likeness (QED) is 0.384. The Morgan fingerprint density at radius 1 is 1.06 bits per heavy atom. The zero-order chi connectivity index (χ0) is 24.0. The topological polar surface area (TPSA) is 57.7 Å². The smallest absolute Gasteiger partial charge is 0.337 e. The molecule has 3 heterocycles. The molecule has 0 amide bonds. The van der Waals surface area contributed by atoms with Crippen LogP contribution in [0.3, 0.4) is 0 Å². The Hall–Kier alpha value is -4.12. The van der Waals surface area contributed by atoms with Crippen molar-refractivity contribution in [3.8, 4) is 11.8 Å². The van der Waals surface area contributed by atoms with Crippen molar-refractivity contribution in [2.24, 2.45) is 0 Å². The van der Waals surface area contributed by atoms with E-state index in [1.807, 2.05) is 66.2 Å². The van der Waals surface area contributed by atoms with Gasteiger partial charge in [0.05, 0.1) is 5.56 Å². The van der Waals surface area contributed by atoms with Gasteiger partial charge in [0, 0.05) is 30.3 Å². The number of anilines is 1. The van der Waals surface area contributed by atoms with Crippen LogP contribution < -0.4 is 4.90 Å². The number of hydrogen-bond acceptors (Lipinski definition) is 4. The first-order valence-corrected chi connectivity index (χ1v) is 10.7. The summed E-state index contributed by atoms with van der Waals surface area (Å²) in [6.07, 6.45) is -1.17. The van der Waals surface area contributed by atoms with E-state index < -0.39 is 23.3 Å². The molecular formula is C26H20F3N5. The van der Waals surface area contributed by atoms with Crippen LogP contribution in [0.1, 0.15) is 45.4 Å². The van der Waals surface area contributed by atoms with Gasteiger partial charge in [-0.15, -0.1) is 0 Å². The summed E-state index contributed by atoms with van der Waals surface area (Å²) >= 11 is 0. The van der Waals surface area contributed by atoms with Crippen molar-refractivity contribution < 1.29 is 13.2 Å². The largest absolute Gasteiger partial charge is 0.417 e. The van der Waals surface area contributed by atoms with Crippen LogP contribution in [0.25, 0.3) is 5.69 Å². The summed E-state index contributed by atoms with van der Waals surface area (Å²) in [5, 5.41) is 9.77. The third-order valence-corrected chi connectivity index (χ3v) is 6.01. The van der Waals surface area contributed by atoms with Gasteiger partial charge in [-0.25, -0.2) is 9.97 Å². The van der Waals surface area contributed by atoms with E-state index in [2.05, 4.69) is 9.97 Å². The van der Waals surface area contributed by atoms with E-state index >= 15 is 0 Å². The fraction of sp³-hybridized carbons (Fsp3) is 0.192. The molecule has 170 valence electrons. The van der Waals surface area contributed by atoms with Gasteiger partial charge in [-0.05, 0) is 48.7 Å². The fourth-order valence-corrected chi connectivity index (χ4v) is 4.58. The van der Waals surface area contributed by atoms with Gasteiger partial charge in [-0.1, -0.05) is 36.4 Å². The lowest BCUT2D eigenvalue weighted by atomic mass is 10.0. The maximum atomic E-state index is 13.8. The lowest BCUT2D eigenvalue weighted by Gasteiger charge is -2.28. The number of halogens is 3. The predicted molar refractivity (Wildman–Crippen MR) is 121 cm³/mol. The highest BCUT2D eigenvalue weighted by atomic mass is 19.4. The first-order chi connectivity index (χ1) is 16.3. The second kappa shape index (κ2) is 8.03. The van der Waals surface area contributed by atoms with Crippen LogP contribution in [0.2, 0.25) is 0 Å². The molecule has 1 aliphatic rings. The SMILES string of the molecule is Cc1cccc(-n2ccnc2[C@@H]2c3ccccc3CN2c2nc(C)cc(C(F)(F)F)c2C#N)c1. The van der Waals surface area contributed by atoms with Crippen molar-refractivity contribution >= 4 is 5.82 Å². The second-order valence-electron chi connectivity index (χ2n) is 8.34. The Kier molecular flexibility index (Phi) is 5.13. The van der Waals surface area contributed by atoms with Crippen molar-refractivity contribution in [2.75, 3.05) is 4.90 Å². The number of imidazole rings is 1. The molecule has 2 aromatic heterocycles. The first-order valence-electron chi connectivity index (χ1n) is 10.7. The molecule has 0 aliphatic carbocycles. The molecule has 4 aromatic rings. The maximum absolute atomic E-state index is 13.8. The van der Waals surface area contributed by atoms with Gasteiger partial charge in [0.1, 0.15) is 29.3 Å². The van der Waals surface area contributed by atoms with Gasteiger partial charge in [0.15, 0.2) is 0 Å². The molecule has 5 nitrogen and oxygen atoms in total. The van der Waals surface area contributed by atoms with Crippen LogP contribution in [0.15, 0.2) is 67.0 Å². The third kappa shape index (κ3) is 3.59. The lowest BCUT2D eigenvalue weighted by molar-refractivity contribution is -0.137. The number of rotatable bonds is 3. The van der Waals surface area contributed by atoms with Gasteiger partial charge < -0.3 is 9.47 Å². The van der Waals surface area contributed by atoms with Crippen LogP contribution in [0.5, 0.6) is 0 Å². The number of fused-ring (bicyclic) bond motifs is 1. The van der Waals surface area contributed by atoms with Crippen molar-refractivity contribution in [3.05, 3.63) is 106 Å². The van der Waals surface area contributed by atoms with Crippen LogP contribution in [-0.4, -0.2) is 14.5 Å². The highest BCUT2D eigenvalue weighted by Gasteiger charge is 2.41. The average molecular weight is 459 g/mol. The van der Waals surface area contributed by atoms with Crippen molar-refractivity contribution in [3.63, 3.8) is 0 Å². The summed E-state index contributed by atoms with van der Waals surface area (Å²) in [6.45, 7) is 3.81. The number of nitrogens with zero attached hydrogens (tertiary/aromatic N) is 5. The number of nitriles is 1. The predicted octanol–water partition coefficient (Wildman–Crippen LogP) is 5.88. The zero-order valence-electron chi connectivity index (χ0n) is 18.5. The third-order valence-electron chi connectivity index (χ3n) is 6.01. The average Bonchev–Trinajstić information content (AvgIpc) is 3.42. The van der Waals surface area contributed by atoms with Crippen molar-refractivity contribution in [1.82, 2.24) is 14.5 Å². The summed E-state index contributed by atoms with van der Waals surface area (Å²) in [7, 11) is 0. The van der Waals surface area contributed by atoms with Gasteiger partial charge in [0.2, 0.25) is 0 Å². The highest BCUT2D eigenvalue weighted by Crippen LogP contribution is 2.44. The van der Waals surface area contributed by atoms with Gasteiger partial charge in [-0.3, -0.25) is 0 Å². The van der Waals surface area contributed by atoms with Crippen LogP contribution >= 0.6 is 0 Å². The first kappa shape index (κ1) is 21.7. The number of pyridine rings is 1. The molecule has 0 spiro atoms. The molecular weight excluding hydrogens is 439 g/mol. The normalized spacial score (nSPS) is 15.3. The Morgan fingerprint density at radius 2 is 1.85 bits per heavy atom. The second-order valence-corrected chi connectivity index (χ2v) is 8.34. The molecule has 1 aliphatic heterocycles. The Balaban J connectivity index is 1.73. The molecule has 34 heavy (non-hydrogen) atoms. The number of aromatic nitrogens is 3. The van der Waals surface area contributed by atoms with Gasteiger partial charge in [-0.2, -0.15) is 18.4 Å². The molecule has 0 fully saturated rings. The number of hydrogen-bond donors (Lipinski definition) is 0. The molecule has 8 heteroatoms. The van der Waals surface area contributed by atoms with E-state index in [1.165, 1.54) is 6.92 Å². The molecule has 0 N–H and O–H groups in total. The van der Waals surface area contributed by atoms with Crippen molar-refractivity contribution in [1.29, 1.82) is 5.26 Å². The van der Waals surface area contributed by atoms with E-state index in [-0.39, 0.29) is 11.5 Å². The van der Waals surface area contributed by atoms with Crippen molar-refractivity contribution in [2.45, 2.75) is 32.6 Å². The molecule has 5 rings (SSSR count). The summed E-state index contributed by atoms with van der Waals surface area (Å²) in [4.78, 5) is 10.8. The van der Waals surface area contributed by atoms with Crippen LogP contribution in [0.4, 0.5) is 19.0 Å². The Labute approximate surface area is 194 Å². The minimum absolute atomic E-state index is 0.00909. The Bertz CT molecular complexity index is 1430. The highest BCUT2D eigenvalue weighted by molar-refractivity contribution is 5.64. The summed E-state index contributed by atoms with van der Waals surface area (Å²) in [5.74, 6) is 0.645. The molecule has 0 saturated carbocycles. The summed E-state index contributed by atoms with van der Waals surface area (Å²) < 4.78 is 43.4. The van der Waals surface area contributed by atoms with E-state index in [0.717, 1.165) is 28.4 Å². The summed E-state index contributed by atoms with van der Waals surface area (Å²) in [5.41, 5.74) is 2.57. The van der Waals surface area contributed by atoms with E-state index in [0.29, 0.717) is 12.4 Å². The minimum Gasteiger partial charge on any atom is -0.337 e. The summed E-state index contributed by atoms with van der Waals surface area (Å²) in [6, 6.07) is 17.8. The zero-order valence-corrected chi connectivity index (χ0v) is 18.5. The molecule has 0 saturated heterocycles. The van der Waals surface area contributed by atoms with Crippen LogP contribution in [0, 0.1) is 25.2 Å². The van der Waals surface area contributed by atoms with Gasteiger partial charge >= 0.3 is 6.18 Å². The molecule has 0 unspecified atom stereocenters. The number of benzene rings is 2. The molecule has 0 radical (unpaired) electrons. The Morgan fingerprint density at radius 3 is 2.59 bits per heavy atom. The number of aryl methyl sites for hydroxylation is 2. The minimum atomic E-state index is -4.67. The lowest BCUT2D eigenvalue weighted by Crippen LogP contribution is -2.28. The van der Waals surface area contributed by atoms with Gasteiger partial charge in [0.25, 0.3) is 0 Å². The molecule has 0 bridgehead atoms. The standard InChI is InChI=1S/C26H20F3N5/c1-16-6-5-8-19(12-16)33-11-10-31-25(33)23-20-9-4-3-7-18(20)15-34(23)24-21(14-30)22(26(27,28)29)13-17(2)32-24/h3-13,23H,15H2,1-2H3/t23-/m0/s1.